The fraction of sp³-hybridized carbons (Fsp3) is 0.480. The molecule has 10 heteroatoms. The number of esters is 3. The van der Waals surface area contributed by atoms with Gasteiger partial charge in [0, 0.05) is 32.4 Å². The van der Waals surface area contributed by atoms with Gasteiger partial charge in [0.05, 0.1) is 7.11 Å². The summed E-state index contributed by atoms with van der Waals surface area (Å²) in [5, 5.41) is 5.43. The second-order valence-electron chi connectivity index (χ2n) is 7.76. The molecule has 0 radical (unpaired) electrons. The van der Waals surface area contributed by atoms with Gasteiger partial charge >= 0.3 is 17.9 Å². The minimum Gasteiger partial charge on any atom is -0.467 e. The third-order valence-corrected chi connectivity index (χ3v) is 5.03. The highest BCUT2D eigenvalue weighted by Gasteiger charge is 2.24. The van der Waals surface area contributed by atoms with E-state index in [2.05, 4.69) is 10.6 Å². The van der Waals surface area contributed by atoms with Gasteiger partial charge < -0.3 is 24.8 Å². The van der Waals surface area contributed by atoms with E-state index in [1.54, 1.807) is 6.07 Å². The maximum Gasteiger partial charge on any atom is 0.328 e. The standard InChI is InChI=1S/C25H34N2O8/c1-6-19(7-2)24(31)27-20(25(32)33-5)9-8-14-26-23(30)13-11-18-10-12-21(34-16(3)28)22(15-18)35-17(4)29/h10-13,15,19-20H,6-9,14H2,1-5H3,(H,26,30)(H,27,31)/b13-11+/t20-/m0/s1. The van der Waals surface area contributed by atoms with Gasteiger partial charge in [-0.1, -0.05) is 19.9 Å². The normalized spacial score (nSPS) is 11.6. The minimum atomic E-state index is -0.782. The van der Waals surface area contributed by atoms with Gasteiger partial charge in [0.25, 0.3) is 0 Å². The minimum absolute atomic E-state index is 0.0551. The summed E-state index contributed by atoms with van der Waals surface area (Å²) in [6, 6.07) is 3.74. The van der Waals surface area contributed by atoms with E-state index in [1.807, 2.05) is 13.8 Å². The fourth-order valence-corrected chi connectivity index (χ4v) is 3.19. The number of methoxy groups -OCH3 is 1. The monoisotopic (exact) mass is 490 g/mol. The third kappa shape index (κ3) is 10.9. The number of carbonyl (C=O) groups is 5. The Bertz CT molecular complexity index is 937. The predicted octanol–water partition coefficient (Wildman–Crippen LogP) is 2.54. The van der Waals surface area contributed by atoms with Gasteiger partial charge in [-0.15, -0.1) is 0 Å². The van der Waals surface area contributed by atoms with E-state index in [9.17, 15) is 24.0 Å². The molecule has 0 aliphatic rings. The molecule has 10 nitrogen and oxygen atoms in total. The molecule has 1 aromatic rings. The second kappa shape index (κ2) is 15.3. The Labute approximate surface area is 205 Å². The Morgan fingerprint density at radius 1 is 0.971 bits per heavy atom. The van der Waals surface area contributed by atoms with Crippen LogP contribution in [0.25, 0.3) is 6.08 Å². The van der Waals surface area contributed by atoms with Crippen LogP contribution >= 0.6 is 0 Å². The number of hydrogen-bond donors (Lipinski definition) is 2. The van der Waals surface area contributed by atoms with Crippen LogP contribution in [0.5, 0.6) is 11.5 Å². The molecule has 0 aromatic heterocycles. The summed E-state index contributed by atoms with van der Waals surface area (Å²) in [7, 11) is 1.26. The fourth-order valence-electron chi connectivity index (χ4n) is 3.19. The number of rotatable bonds is 13. The summed E-state index contributed by atoms with van der Waals surface area (Å²) in [5.74, 6) is -2.27. The van der Waals surface area contributed by atoms with Gasteiger partial charge in [-0.2, -0.15) is 0 Å². The smallest absolute Gasteiger partial charge is 0.328 e. The van der Waals surface area contributed by atoms with E-state index < -0.39 is 23.9 Å². The van der Waals surface area contributed by atoms with Crippen LogP contribution in [0.15, 0.2) is 24.3 Å². The van der Waals surface area contributed by atoms with E-state index in [4.69, 9.17) is 14.2 Å². The lowest BCUT2D eigenvalue weighted by atomic mass is 10.0. The molecule has 0 fully saturated rings. The van der Waals surface area contributed by atoms with Crippen molar-refractivity contribution < 1.29 is 38.2 Å². The van der Waals surface area contributed by atoms with E-state index in [0.29, 0.717) is 31.2 Å². The highest BCUT2D eigenvalue weighted by Crippen LogP contribution is 2.29. The van der Waals surface area contributed by atoms with Crippen LogP contribution in [-0.4, -0.2) is 49.4 Å². The largest absolute Gasteiger partial charge is 0.467 e. The molecule has 0 spiro atoms. The molecule has 0 heterocycles. The second-order valence-corrected chi connectivity index (χ2v) is 7.76. The molecule has 1 rings (SSSR count). The summed E-state index contributed by atoms with van der Waals surface area (Å²) in [6.07, 6.45) is 4.90. The molecule has 0 saturated heterocycles. The zero-order valence-corrected chi connectivity index (χ0v) is 20.8. The molecule has 1 atom stereocenters. The predicted molar refractivity (Wildman–Crippen MR) is 128 cm³/mol. The van der Waals surface area contributed by atoms with Crippen molar-refractivity contribution in [2.75, 3.05) is 13.7 Å². The summed E-state index contributed by atoms with van der Waals surface area (Å²) in [5.41, 5.74) is 0.544. The Balaban J connectivity index is 2.65. The molecule has 0 bridgehead atoms. The first-order chi connectivity index (χ1) is 16.6. The van der Waals surface area contributed by atoms with Gasteiger partial charge in [-0.3, -0.25) is 19.2 Å². The lowest BCUT2D eigenvalue weighted by molar-refractivity contribution is -0.145. The van der Waals surface area contributed by atoms with Crippen LogP contribution < -0.4 is 20.1 Å². The maximum atomic E-state index is 12.3. The number of amides is 2. The van der Waals surface area contributed by atoms with Gasteiger partial charge in [-0.05, 0) is 49.5 Å². The molecule has 1 aromatic carbocycles. The zero-order chi connectivity index (χ0) is 26.4. The Morgan fingerprint density at radius 2 is 1.60 bits per heavy atom. The molecule has 2 N–H and O–H groups in total. The van der Waals surface area contributed by atoms with Crippen molar-refractivity contribution in [1.82, 2.24) is 10.6 Å². The van der Waals surface area contributed by atoms with Crippen molar-refractivity contribution in [3.05, 3.63) is 29.8 Å². The number of benzene rings is 1. The van der Waals surface area contributed by atoms with E-state index in [0.717, 1.165) is 0 Å². The molecule has 192 valence electrons. The van der Waals surface area contributed by atoms with Gasteiger partial charge in [-0.25, -0.2) is 4.79 Å². The highest BCUT2D eigenvalue weighted by molar-refractivity contribution is 5.92. The van der Waals surface area contributed by atoms with Crippen molar-refractivity contribution >= 4 is 35.8 Å². The van der Waals surface area contributed by atoms with Crippen molar-refractivity contribution in [2.24, 2.45) is 5.92 Å². The lowest BCUT2D eigenvalue weighted by Gasteiger charge is -2.19. The number of carbonyl (C=O) groups excluding carboxylic acids is 5. The van der Waals surface area contributed by atoms with Crippen molar-refractivity contribution in [2.45, 2.75) is 59.4 Å². The Hall–Kier alpha value is -3.69. The molecule has 0 aliphatic heterocycles. The molecule has 0 unspecified atom stereocenters. The van der Waals surface area contributed by atoms with Crippen molar-refractivity contribution in [3.8, 4) is 11.5 Å². The van der Waals surface area contributed by atoms with E-state index >= 15 is 0 Å². The molecule has 35 heavy (non-hydrogen) atoms. The van der Waals surface area contributed by atoms with Crippen LogP contribution in [0.1, 0.15) is 58.9 Å². The van der Waals surface area contributed by atoms with E-state index in [-0.39, 0.29) is 35.8 Å². The third-order valence-electron chi connectivity index (χ3n) is 5.03. The van der Waals surface area contributed by atoms with Gasteiger partial charge in [0.2, 0.25) is 11.8 Å². The van der Waals surface area contributed by atoms with Crippen LogP contribution in [0.3, 0.4) is 0 Å². The molecular formula is C25H34N2O8. The van der Waals surface area contributed by atoms with Crippen LogP contribution in [0, 0.1) is 5.92 Å². The van der Waals surface area contributed by atoms with E-state index in [1.165, 1.54) is 45.2 Å². The molecular weight excluding hydrogens is 456 g/mol. The first-order valence-corrected chi connectivity index (χ1v) is 11.5. The topological polar surface area (TPSA) is 137 Å². The molecule has 0 aliphatic carbocycles. The number of nitrogens with one attached hydrogen (secondary N) is 2. The van der Waals surface area contributed by atoms with Crippen LogP contribution in [-0.2, 0) is 28.7 Å². The van der Waals surface area contributed by atoms with Crippen molar-refractivity contribution in [1.29, 1.82) is 0 Å². The highest BCUT2D eigenvalue weighted by atomic mass is 16.6. The summed E-state index contributed by atoms with van der Waals surface area (Å²) in [4.78, 5) is 59.0. The quantitative estimate of drug-likeness (QED) is 0.186. The number of ether oxygens (including phenoxy) is 3. The first kappa shape index (κ1) is 29.3. The Kier molecular flexibility index (Phi) is 12.8. The SMILES string of the molecule is CCC(CC)C(=O)N[C@@H](CCCNC(=O)/C=C/c1ccc(OC(C)=O)c(OC(C)=O)c1)C(=O)OC. The average molecular weight is 491 g/mol. The van der Waals surface area contributed by atoms with Crippen LogP contribution in [0.4, 0.5) is 0 Å². The molecule has 0 saturated carbocycles. The lowest BCUT2D eigenvalue weighted by Crippen LogP contribution is -2.44. The summed E-state index contributed by atoms with van der Waals surface area (Å²) < 4.78 is 14.8. The van der Waals surface area contributed by atoms with Gasteiger partial charge in [0.1, 0.15) is 6.04 Å². The van der Waals surface area contributed by atoms with Crippen molar-refractivity contribution in [3.63, 3.8) is 0 Å². The summed E-state index contributed by atoms with van der Waals surface area (Å²) in [6.45, 7) is 6.55. The van der Waals surface area contributed by atoms with Gasteiger partial charge in [0.15, 0.2) is 11.5 Å². The molecule has 2 amide bonds. The number of hydrogen-bond acceptors (Lipinski definition) is 8. The summed E-state index contributed by atoms with van der Waals surface area (Å²) >= 11 is 0. The Morgan fingerprint density at radius 3 is 2.17 bits per heavy atom. The maximum absolute atomic E-state index is 12.3. The van der Waals surface area contributed by atoms with Crippen LogP contribution in [0.2, 0.25) is 0 Å². The zero-order valence-electron chi connectivity index (χ0n) is 20.8. The average Bonchev–Trinajstić information content (AvgIpc) is 2.80. The first-order valence-electron chi connectivity index (χ1n) is 11.5.